The molecule has 1 saturated heterocycles. The molecule has 4 N–H and O–H groups in total. The molecule has 76 heavy (non-hydrogen) atoms. The van der Waals surface area contributed by atoms with Gasteiger partial charge in [-0.25, -0.2) is 4.18 Å². The topological polar surface area (TPSA) is 178 Å². The van der Waals surface area contributed by atoms with E-state index in [9.17, 15) is 33.1 Å². The van der Waals surface area contributed by atoms with Crippen molar-refractivity contribution in [3.63, 3.8) is 0 Å². The van der Waals surface area contributed by atoms with Gasteiger partial charge in [0.25, 0.3) is 0 Å². The van der Waals surface area contributed by atoms with E-state index in [2.05, 4.69) is 66.6 Å². The second-order valence-corrected chi connectivity index (χ2v) is 22.7. The average Bonchev–Trinajstić information content (AvgIpc) is 3.40. The predicted molar refractivity (Wildman–Crippen MR) is 313 cm³/mol. The molecule has 1 fully saturated rings. The largest absolute Gasteiger partial charge is 0.457 e. The Morgan fingerprint density at radius 1 is 0.513 bits per heavy atom. The van der Waals surface area contributed by atoms with Crippen LogP contribution < -0.4 is 0 Å². The van der Waals surface area contributed by atoms with Crippen molar-refractivity contribution in [2.75, 3.05) is 26.4 Å². The number of esters is 1. The first kappa shape index (κ1) is 72.1. The number of hydrogen-bond donors (Lipinski definition) is 4. The number of carbonyl (C=O) groups excluding carboxylic acids is 1. The summed E-state index contributed by atoms with van der Waals surface area (Å²) in [5.74, 6) is -0.394. The molecular formula is C63H116O12S. The number of hydrogen-bond acceptors (Lipinski definition) is 11. The van der Waals surface area contributed by atoms with Gasteiger partial charge in [0.2, 0.25) is 0 Å². The molecule has 0 radical (unpaired) electrons. The van der Waals surface area contributed by atoms with E-state index in [0.29, 0.717) is 13.0 Å². The summed E-state index contributed by atoms with van der Waals surface area (Å²) in [6, 6.07) is 0. The van der Waals surface area contributed by atoms with Crippen LogP contribution in [0.15, 0.2) is 48.6 Å². The maximum Gasteiger partial charge on any atom is 0.397 e. The monoisotopic (exact) mass is 1100 g/mol. The Morgan fingerprint density at radius 2 is 0.908 bits per heavy atom. The summed E-state index contributed by atoms with van der Waals surface area (Å²) in [5.41, 5.74) is 0. The zero-order valence-electron chi connectivity index (χ0n) is 48.6. The Balaban J connectivity index is 2.25. The van der Waals surface area contributed by atoms with Crippen molar-refractivity contribution in [3.05, 3.63) is 48.6 Å². The molecule has 0 amide bonds. The lowest BCUT2D eigenvalue weighted by Crippen LogP contribution is -2.60. The van der Waals surface area contributed by atoms with E-state index in [1.165, 1.54) is 186 Å². The molecule has 0 aromatic rings. The van der Waals surface area contributed by atoms with Crippen molar-refractivity contribution in [2.24, 2.45) is 0 Å². The van der Waals surface area contributed by atoms with Crippen LogP contribution in [0.4, 0.5) is 0 Å². The first-order valence-electron chi connectivity index (χ1n) is 31.4. The van der Waals surface area contributed by atoms with E-state index in [0.717, 1.165) is 70.6 Å². The summed E-state index contributed by atoms with van der Waals surface area (Å²) >= 11 is 0. The van der Waals surface area contributed by atoms with Gasteiger partial charge < -0.3 is 34.3 Å². The molecule has 446 valence electrons. The van der Waals surface area contributed by atoms with Gasteiger partial charge in [-0.15, -0.1) is 0 Å². The molecule has 6 unspecified atom stereocenters. The molecule has 6 atom stereocenters. The normalized spacial score (nSPS) is 18.8. The smallest absolute Gasteiger partial charge is 0.397 e. The highest BCUT2D eigenvalue weighted by Gasteiger charge is 2.48. The number of rotatable bonds is 56. The highest BCUT2D eigenvalue weighted by atomic mass is 32.3. The van der Waals surface area contributed by atoms with E-state index in [4.69, 9.17) is 18.9 Å². The highest BCUT2D eigenvalue weighted by Crippen LogP contribution is 2.26. The first-order chi connectivity index (χ1) is 37.1. The second kappa shape index (κ2) is 53.7. The first-order valence-corrected chi connectivity index (χ1v) is 32.8. The molecule has 1 heterocycles. The maximum atomic E-state index is 13.0. The summed E-state index contributed by atoms with van der Waals surface area (Å²) in [7, 11) is -5.07. The number of allylic oxidation sites excluding steroid dienone is 8. The fourth-order valence-corrected chi connectivity index (χ4v) is 10.3. The van der Waals surface area contributed by atoms with Crippen molar-refractivity contribution >= 4 is 16.4 Å². The average molecular weight is 1100 g/mol. The van der Waals surface area contributed by atoms with Crippen LogP contribution in [-0.2, 0) is 38.3 Å². The summed E-state index contributed by atoms with van der Waals surface area (Å²) in [4.78, 5) is 13.0. The Bertz CT molecular complexity index is 1500. The Hall–Kier alpha value is -1.94. The van der Waals surface area contributed by atoms with Crippen LogP contribution >= 0.6 is 0 Å². The van der Waals surface area contributed by atoms with Crippen molar-refractivity contribution in [3.8, 4) is 0 Å². The van der Waals surface area contributed by atoms with Gasteiger partial charge in [-0.05, 0) is 51.4 Å². The van der Waals surface area contributed by atoms with E-state index < -0.39 is 59.8 Å². The molecule has 1 rings (SSSR count). The van der Waals surface area contributed by atoms with Crippen molar-refractivity contribution < 1.29 is 56.2 Å². The molecule has 1 aliphatic heterocycles. The van der Waals surface area contributed by atoms with Crippen LogP contribution in [0.1, 0.15) is 284 Å². The number of aliphatic hydroxyl groups excluding tert-OH is 3. The fraction of sp³-hybridized carbons (Fsp3) is 0.857. The van der Waals surface area contributed by atoms with Crippen molar-refractivity contribution in [1.82, 2.24) is 0 Å². The lowest BCUT2D eigenvalue weighted by Gasteiger charge is -2.41. The van der Waals surface area contributed by atoms with Gasteiger partial charge in [0.1, 0.15) is 30.5 Å². The molecule has 0 spiro atoms. The highest BCUT2D eigenvalue weighted by molar-refractivity contribution is 7.80. The number of aliphatic hydroxyl groups is 3. The Labute approximate surface area is 466 Å². The van der Waals surface area contributed by atoms with E-state index in [1.54, 1.807) is 0 Å². The third-order valence-electron chi connectivity index (χ3n) is 14.5. The number of carbonyl (C=O) groups is 1. The zero-order valence-corrected chi connectivity index (χ0v) is 49.4. The van der Waals surface area contributed by atoms with Gasteiger partial charge in [0.15, 0.2) is 6.29 Å². The summed E-state index contributed by atoms with van der Waals surface area (Å²) in [5, 5.41) is 30.9. The molecule has 0 aliphatic carbocycles. The lowest BCUT2D eigenvalue weighted by molar-refractivity contribution is -0.301. The third kappa shape index (κ3) is 45.9. The van der Waals surface area contributed by atoms with Crippen LogP contribution in [0.25, 0.3) is 0 Å². The van der Waals surface area contributed by atoms with Gasteiger partial charge in [0, 0.05) is 13.0 Å². The van der Waals surface area contributed by atoms with E-state index in [-0.39, 0.29) is 19.6 Å². The van der Waals surface area contributed by atoms with E-state index >= 15 is 0 Å². The Morgan fingerprint density at radius 3 is 1.33 bits per heavy atom. The number of unbranched alkanes of at least 4 members (excludes halogenated alkanes) is 35. The second-order valence-electron chi connectivity index (χ2n) is 21.6. The third-order valence-corrected chi connectivity index (χ3v) is 14.9. The predicted octanol–water partition coefficient (Wildman–Crippen LogP) is 16.2. The van der Waals surface area contributed by atoms with Gasteiger partial charge in [-0.3, -0.25) is 9.35 Å². The van der Waals surface area contributed by atoms with Gasteiger partial charge in [-0.2, -0.15) is 8.42 Å². The maximum absolute atomic E-state index is 13.0. The fourth-order valence-electron chi connectivity index (χ4n) is 9.79. The minimum Gasteiger partial charge on any atom is -0.457 e. The zero-order chi connectivity index (χ0) is 55.3. The summed E-state index contributed by atoms with van der Waals surface area (Å²) < 4.78 is 59.6. The SMILES string of the molecule is CC/C=C\C/C=C\C/C=C\C/C=C\CCCCCCCCCCCCCOCC(COC1OC(CO)C(O)C(OS(=O)(=O)O)C1O)OC(=O)CCCCCCCCCCCCCCCCCCCCCCCCCCC. The number of ether oxygens (including phenoxy) is 4. The molecule has 0 aromatic carbocycles. The van der Waals surface area contributed by atoms with Crippen LogP contribution in [0.5, 0.6) is 0 Å². The van der Waals surface area contributed by atoms with E-state index in [1.807, 2.05) is 0 Å². The van der Waals surface area contributed by atoms with Crippen LogP contribution in [-0.4, -0.2) is 97.5 Å². The quantitative estimate of drug-likeness (QED) is 0.0196. The minimum absolute atomic E-state index is 0.0362. The van der Waals surface area contributed by atoms with Crippen molar-refractivity contribution in [1.29, 1.82) is 0 Å². The molecule has 0 saturated carbocycles. The van der Waals surface area contributed by atoms with Crippen LogP contribution in [0.2, 0.25) is 0 Å². The summed E-state index contributed by atoms with van der Waals surface area (Å²) in [6.07, 6.45) is 60.2. The molecule has 1 aliphatic rings. The lowest BCUT2D eigenvalue weighted by atomic mass is 9.99. The molecule has 0 aromatic heterocycles. The molecule has 12 nitrogen and oxygen atoms in total. The standard InChI is InChI=1S/C63H116O12S/c1-3-5-7-9-11-13-15-17-19-21-23-25-27-29-30-32-34-36-38-40-42-44-46-48-50-52-59(65)73-57(56-72-63-61(67)62(75-76(68,69)70)60(66)58(54-64)74-63)55-71-53-51-49-47-45-43-41-39-37-35-33-31-28-26-24-22-20-18-16-14-12-10-8-6-4-2/h6,8,12,14,18,20,24,26,57-58,60-64,66-67H,3-5,7,9-11,13,15-17,19,21-23,25,27-56H2,1-2H3,(H,68,69,70)/b8-6-,14-12-,20-18-,26-24-. The molecular weight excluding hydrogens is 981 g/mol. The molecule has 13 heteroatoms. The Kier molecular flexibility index (Phi) is 50.9. The minimum atomic E-state index is -5.07. The van der Waals surface area contributed by atoms with Crippen molar-refractivity contribution in [2.45, 2.75) is 320 Å². The van der Waals surface area contributed by atoms with Crippen LogP contribution in [0, 0.1) is 0 Å². The van der Waals surface area contributed by atoms with Crippen LogP contribution in [0.3, 0.4) is 0 Å². The van der Waals surface area contributed by atoms with Gasteiger partial charge >= 0.3 is 16.4 Å². The van der Waals surface area contributed by atoms with Gasteiger partial charge in [0.05, 0.1) is 19.8 Å². The molecule has 0 bridgehead atoms. The summed E-state index contributed by atoms with van der Waals surface area (Å²) in [6.45, 7) is 3.93. The van der Waals surface area contributed by atoms with Gasteiger partial charge in [-0.1, -0.05) is 274 Å².